The number of anilines is 1. The molecule has 0 saturated carbocycles. The zero-order valence-electron chi connectivity index (χ0n) is 22.5. The van der Waals surface area contributed by atoms with Gasteiger partial charge in [0.25, 0.3) is 5.52 Å². The first kappa shape index (κ1) is 24.8. The topological polar surface area (TPSA) is 41.5 Å². The van der Waals surface area contributed by atoms with Gasteiger partial charge in [-0.1, -0.05) is 26.0 Å². The number of piperidine rings is 1. The first-order chi connectivity index (χ1) is 17.5. The maximum absolute atomic E-state index is 6.50. The molecule has 1 fully saturated rings. The second-order valence-electron chi connectivity index (χ2n) is 10.5. The van der Waals surface area contributed by atoms with Gasteiger partial charge in [-0.05, 0) is 56.6 Å². The number of furan rings is 1. The summed E-state index contributed by atoms with van der Waals surface area (Å²) >= 11 is 0. The van der Waals surface area contributed by atoms with Crippen molar-refractivity contribution in [2.75, 3.05) is 64.8 Å². The van der Waals surface area contributed by atoms with Crippen molar-refractivity contribution in [3.05, 3.63) is 42.5 Å². The third-order valence-corrected chi connectivity index (χ3v) is 8.15. The van der Waals surface area contributed by atoms with E-state index >= 15 is 0 Å². The van der Waals surface area contributed by atoms with Crippen LogP contribution < -0.4 is 14.6 Å². The Kier molecular flexibility index (Phi) is 7.35. The lowest BCUT2D eigenvalue weighted by Crippen LogP contribution is -2.50. The van der Waals surface area contributed by atoms with Gasteiger partial charge in [-0.25, -0.2) is 0 Å². The van der Waals surface area contributed by atoms with Crippen LogP contribution in [0.15, 0.2) is 46.9 Å². The zero-order chi connectivity index (χ0) is 25.1. The molecule has 0 radical (unpaired) electrons. The van der Waals surface area contributed by atoms with Crippen LogP contribution in [0.25, 0.3) is 33.0 Å². The second-order valence-corrected chi connectivity index (χ2v) is 10.5. The molecule has 2 aromatic carbocycles. The monoisotopic (exact) mass is 490 g/mol. The molecule has 6 nitrogen and oxygen atoms in total. The number of ether oxygens (including phenoxy) is 1. The number of quaternary nitrogens is 1. The molecule has 4 aromatic rings. The lowest BCUT2D eigenvalue weighted by molar-refractivity contribution is -0.914. The summed E-state index contributed by atoms with van der Waals surface area (Å²) in [5, 5.41) is 6.00. The van der Waals surface area contributed by atoms with Crippen LogP contribution in [0.2, 0.25) is 0 Å². The lowest BCUT2D eigenvalue weighted by Gasteiger charge is -2.37. The highest BCUT2D eigenvalue weighted by Gasteiger charge is 2.26. The number of pyridine rings is 1. The Morgan fingerprint density at radius 1 is 1.03 bits per heavy atom. The smallest absolute Gasteiger partial charge is 0.261 e. The van der Waals surface area contributed by atoms with Gasteiger partial charge in [0.1, 0.15) is 31.5 Å². The Labute approximate surface area is 215 Å². The average Bonchev–Trinajstić information content (AvgIpc) is 3.28. The Balaban J connectivity index is 1.47. The van der Waals surface area contributed by atoms with Gasteiger partial charge in [0.15, 0.2) is 0 Å². The summed E-state index contributed by atoms with van der Waals surface area (Å²) < 4.78 is 16.2. The Bertz CT molecular complexity index is 1340. The van der Waals surface area contributed by atoms with Crippen molar-refractivity contribution in [1.29, 1.82) is 0 Å². The van der Waals surface area contributed by atoms with Gasteiger partial charge >= 0.3 is 0 Å². The summed E-state index contributed by atoms with van der Waals surface area (Å²) in [5.74, 6) is 0.915. The SMILES string of the molecule is CCN(CC)CCNc1c2ccccc2[n+](C)c2c1oc1ccc(OCC[N+]3(C)CCCCC3)cc12. The summed E-state index contributed by atoms with van der Waals surface area (Å²) in [7, 11) is 4.50. The number of likely N-dealkylation sites (N-methyl/N-ethyl adjacent to an activating group) is 2. The number of hydrogen-bond acceptors (Lipinski definition) is 4. The summed E-state index contributed by atoms with van der Waals surface area (Å²) in [6.45, 7) is 12.8. The molecule has 0 unspecified atom stereocenters. The molecule has 0 amide bonds. The standard InChI is InChI=1S/C30H41N4O2/c1-5-33(6-2)17-16-31-28-24-12-8-9-13-26(24)32(3)29-25-22-23(14-15-27(25)36-30(28)29)35-21-20-34(4)18-10-7-11-19-34/h8-9,12-15,22H,5-7,10-11,16-21H2,1-4H3/q+1/p+1. The van der Waals surface area contributed by atoms with Crippen LogP contribution in [0.3, 0.4) is 0 Å². The molecule has 36 heavy (non-hydrogen) atoms. The first-order valence-corrected chi connectivity index (χ1v) is 13.7. The molecular weight excluding hydrogens is 448 g/mol. The highest BCUT2D eigenvalue weighted by atomic mass is 16.5. The molecule has 1 aliphatic rings. The number of aryl methyl sites for hydroxylation is 1. The minimum Gasteiger partial charge on any atom is -0.488 e. The summed E-state index contributed by atoms with van der Waals surface area (Å²) in [4.78, 5) is 2.43. The Morgan fingerprint density at radius 3 is 2.58 bits per heavy atom. The van der Waals surface area contributed by atoms with E-state index in [-0.39, 0.29) is 0 Å². The van der Waals surface area contributed by atoms with Crippen molar-refractivity contribution >= 4 is 38.7 Å². The van der Waals surface area contributed by atoms with E-state index in [1.807, 2.05) is 6.07 Å². The minimum atomic E-state index is 0.741. The third-order valence-electron chi connectivity index (χ3n) is 8.15. The number of rotatable bonds is 10. The van der Waals surface area contributed by atoms with Crippen LogP contribution in [-0.2, 0) is 7.05 Å². The van der Waals surface area contributed by atoms with Gasteiger partial charge in [0, 0.05) is 19.2 Å². The van der Waals surface area contributed by atoms with Crippen LogP contribution >= 0.6 is 0 Å². The van der Waals surface area contributed by atoms with Gasteiger partial charge < -0.3 is 23.9 Å². The quantitative estimate of drug-likeness (QED) is 0.241. The molecule has 1 saturated heterocycles. The van der Waals surface area contributed by atoms with Gasteiger partial charge in [-0.15, -0.1) is 0 Å². The van der Waals surface area contributed by atoms with Crippen LogP contribution in [-0.4, -0.2) is 68.9 Å². The molecule has 0 aliphatic carbocycles. The normalized spacial score (nSPS) is 15.8. The maximum Gasteiger partial charge on any atom is 0.261 e. The van der Waals surface area contributed by atoms with Crippen LogP contribution in [0.5, 0.6) is 5.75 Å². The number of aromatic nitrogens is 1. The van der Waals surface area contributed by atoms with E-state index < -0.39 is 0 Å². The summed E-state index contributed by atoms with van der Waals surface area (Å²) in [5.41, 5.74) is 5.17. The van der Waals surface area contributed by atoms with E-state index in [2.05, 4.69) is 79.1 Å². The van der Waals surface area contributed by atoms with Gasteiger partial charge in [0.2, 0.25) is 11.1 Å². The molecule has 1 aliphatic heterocycles. The number of para-hydroxylation sites is 1. The van der Waals surface area contributed by atoms with Crippen molar-refractivity contribution in [1.82, 2.24) is 4.90 Å². The number of nitrogens with one attached hydrogen (secondary N) is 1. The molecule has 3 heterocycles. The van der Waals surface area contributed by atoms with Crippen molar-refractivity contribution < 1.29 is 18.2 Å². The van der Waals surface area contributed by atoms with Gasteiger partial charge in [-0.3, -0.25) is 0 Å². The molecule has 0 bridgehead atoms. The van der Waals surface area contributed by atoms with Crippen LogP contribution in [0.4, 0.5) is 5.69 Å². The predicted octanol–water partition coefficient (Wildman–Crippen LogP) is 5.33. The third kappa shape index (κ3) is 4.89. The Hall–Kier alpha value is -2.83. The predicted molar refractivity (Wildman–Crippen MR) is 149 cm³/mol. The fourth-order valence-electron chi connectivity index (χ4n) is 5.81. The van der Waals surface area contributed by atoms with E-state index in [9.17, 15) is 0 Å². The van der Waals surface area contributed by atoms with E-state index in [0.717, 1.165) is 77.3 Å². The number of benzene rings is 2. The van der Waals surface area contributed by atoms with Crippen molar-refractivity contribution in [2.24, 2.45) is 7.05 Å². The van der Waals surface area contributed by atoms with Crippen LogP contribution in [0.1, 0.15) is 33.1 Å². The second kappa shape index (κ2) is 10.7. The molecule has 5 rings (SSSR count). The molecule has 1 N–H and O–H groups in total. The largest absolute Gasteiger partial charge is 0.488 e. The zero-order valence-corrected chi connectivity index (χ0v) is 22.5. The fourth-order valence-corrected chi connectivity index (χ4v) is 5.81. The molecule has 6 heteroatoms. The van der Waals surface area contributed by atoms with E-state index in [1.165, 1.54) is 43.3 Å². The summed E-state index contributed by atoms with van der Waals surface area (Å²) in [6.07, 6.45) is 4.04. The molecule has 0 spiro atoms. The highest BCUT2D eigenvalue weighted by Crippen LogP contribution is 2.37. The van der Waals surface area contributed by atoms with Gasteiger partial charge in [0.05, 0.1) is 36.6 Å². The van der Waals surface area contributed by atoms with Crippen LogP contribution in [0, 0.1) is 0 Å². The summed E-state index contributed by atoms with van der Waals surface area (Å²) in [6, 6.07) is 14.8. The van der Waals surface area contributed by atoms with E-state index in [4.69, 9.17) is 9.15 Å². The number of hydrogen-bond donors (Lipinski definition) is 1. The number of fused-ring (bicyclic) bond motifs is 4. The molecule has 192 valence electrons. The average molecular weight is 491 g/mol. The number of nitrogens with zero attached hydrogens (tertiary/aromatic N) is 3. The van der Waals surface area contributed by atoms with Gasteiger partial charge in [-0.2, -0.15) is 4.57 Å². The van der Waals surface area contributed by atoms with E-state index in [1.54, 1.807) is 0 Å². The molecule has 0 atom stereocenters. The minimum absolute atomic E-state index is 0.741. The maximum atomic E-state index is 6.50. The lowest BCUT2D eigenvalue weighted by atomic mass is 10.1. The Morgan fingerprint density at radius 2 is 1.81 bits per heavy atom. The molecular formula is C30H42N4O2+2. The van der Waals surface area contributed by atoms with Crippen molar-refractivity contribution in [3.8, 4) is 5.75 Å². The van der Waals surface area contributed by atoms with Crippen molar-refractivity contribution in [3.63, 3.8) is 0 Å². The highest BCUT2D eigenvalue weighted by molar-refractivity contribution is 6.11. The fraction of sp³-hybridized carbons (Fsp3) is 0.500. The van der Waals surface area contributed by atoms with E-state index in [0.29, 0.717) is 0 Å². The number of likely N-dealkylation sites (tertiary alicyclic amines) is 1. The van der Waals surface area contributed by atoms with Crippen molar-refractivity contribution in [2.45, 2.75) is 33.1 Å². The first-order valence-electron chi connectivity index (χ1n) is 13.7. The molecule has 2 aromatic heterocycles.